The summed E-state index contributed by atoms with van der Waals surface area (Å²) in [5, 5.41) is 32.6. The highest BCUT2D eigenvalue weighted by molar-refractivity contribution is 6.46. The third-order valence-corrected chi connectivity index (χ3v) is 6.26. The molecule has 1 atom stereocenters. The highest BCUT2D eigenvalue weighted by atomic mass is 16.6. The van der Waals surface area contributed by atoms with Crippen LogP contribution >= 0.6 is 0 Å². The maximum absolute atomic E-state index is 13.2. The number of ether oxygens (including phenoxy) is 2. The molecule has 0 spiro atoms. The Kier molecular flexibility index (Phi) is 8.15. The van der Waals surface area contributed by atoms with Crippen LogP contribution in [0.2, 0.25) is 0 Å². The maximum atomic E-state index is 13.2. The number of phenolic OH excluding ortho intramolecular Hbond substituents is 1. The molecule has 2 aromatic rings. The molecule has 1 fully saturated rings. The van der Waals surface area contributed by atoms with Gasteiger partial charge in [-0.05, 0) is 42.9 Å². The number of nitrogens with zero attached hydrogens (tertiary/aromatic N) is 3. The van der Waals surface area contributed by atoms with E-state index in [-0.39, 0.29) is 23.2 Å². The zero-order valence-corrected chi connectivity index (χ0v) is 20.6. The predicted octanol–water partition coefficient (Wildman–Crippen LogP) is 3.08. The minimum Gasteiger partial charge on any atom is -0.507 e. The van der Waals surface area contributed by atoms with Gasteiger partial charge in [0.1, 0.15) is 5.76 Å². The number of carbonyl (C=O) groups excluding carboxylic acids is 2. The number of Topliss-reactive ketones (excluding diaryl/α,β-unsaturated/α-hetero) is 1. The van der Waals surface area contributed by atoms with Gasteiger partial charge < -0.3 is 29.5 Å². The Bertz CT molecular complexity index is 1210. The molecule has 1 amide bonds. The van der Waals surface area contributed by atoms with Crippen molar-refractivity contribution in [2.75, 3.05) is 40.4 Å². The molecule has 0 radical (unpaired) electrons. The highest BCUT2D eigenvalue weighted by Gasteiger charge is 2.46. The van der Waals surface area contributed by atoms with Crippen molar-refractivity contribution in [1.82, 2.24) is 9.80 Å². The Balaban J connectivity index is 2.20. The Labute approximate surface area is 208 Å². The summed E-state index contributed by atoms with van der Waals surface area (Å²) in [6.07, 6.45) is 0. The van der Waals surface area contributed by atoms with E-state index >= 15 is 0 Å². The molecule has 1 heterocycles. The fourth-order valence-electron chi connectivity index (χ4n) is 4.24. The Morgan fingerprint density at radius 2 is 1.75 bits per heavy atom. The van der Waals surface area contributed by atoms with E-state index in [1.165, 1.54) is 37.3 Å². The Morgan fingerprint density at radius 1 is 1.08 bits per heavy atom. The van der Waals surface area contributed by atoms with E-state index in [1.807, 2.05) is 13.8 Å². The van der Waals surface area contributed by atoms with Gasteiger partial charge >= 0.3 is 5.69 Å². The van der Waals surface area contributed by atoms with Crippen molar-refractivity contribution in [3.63, 3.8) is 0 Å². The average molecular weight is 500 g/mol. The summed E-state index contributed by atoms with van der Waals surface area (Å²) < 4.78 is 10.5. The van der Waals surface area contributed by atoms with Crippen LogP contribution in [0.5, 0.6) is 17.2 Å². The number of methoxy groups -OCH3 is 2. The first kappa shape index (κ1) is 26.5. The molecule has 36 heavy (non-hydrogen) atoms. The number of aliphatic hydroxyl groups excluding tert-OH is 1. The summed E-state index contributed by atoms with van der Waals surface area (Å²) in [5.74, 6) is -2.05. The smallest absolute Gasteiger partial charge is 0.311 e. The standard InChI is InChI=1S/C25H29N3O8/c1-5-26(6-2)11-12-27-22(15-7-9-18(29)17(13-15)28(33)34)21(24(31)25(27)32)23(30)16-8-10-19(35-3)20(14-16)36-4/h7-10,13-14,22,29-30H,5-6,11-12H2,1-4H3/b23-21-. The molecule has 0 aliphatic carbocycles. The largest absolute Gasteiger partial charge is 0.507 e. The van der Waals surface area contributed by atoms with Crippen LogP contribution in [-0.4, -0.2) is 77.0 Å². The minimum absolute atomic E-state index is 0.147. The molecule has 1 aliphatic rings. The van der Waals surface area contributed by atoms with Gasteiger partial charge in [-0.15, -0.1) is 0 Å². The van der Waals surface area contributed by atoms with Crippen LogP contribution in [0.1, 0.15) is 31.0 Å². The summed E-state index contributed by atoms with van der Waals surface area (Å²) in [7, 11) is 2.87. The lowest BCUT2D eigenvalue weighted by Gasteiger charge is -2.28. The normalized spacial score (nSPS) is 17.0. The number of nitro groups is 1. The van der Waals surface area contributed by atoms with Crippen LogP contribution in [0.3, 0.4) is 0 Å². The van der Waals surface area contributed by atoms with Gasteiger partial charge in [0.05, 0.1) is 30.8 Å². The lowest BCUT2D eigenvalue weighted by atomic mass is 9.94. The first-order valence-electron chi connectivity index (χ1n) is 11.4. The number of nitro benzene ring substituents is 1. The number of phenols is 1. The number of benzene rings is 2. The molecule has 2 N–H and O–H groups in total. The van der Waals surface area contributed by atoms with E-state index in [0.717, 1.165) is 25.2 Å². The Morgan fingerprint density at radius 3 is 2.33 bits per heavy atom. The highest BCUT2D eigenvalue weighted by Crippen LogP contribution is 2.42. The summed E-state index contributed by atoms with van der Waals surface area (Å²) in [6, 6.07) is 7.06. The fourth-order valence-corrected chi connectivity index (χ4v) is 4.24. The number of rotatable bonds is 10. The monoisotopic (exact) mass is 499 g/mol. The van der Waals surface area contributed by atoms with Crippen LogP contribution in [0.25, 0.3) is 5.76 Å². The molecule has 1 aliphatic heterocycles. The summed E-state index contributed by atoms with van der Waals surface area (Å²) in [5.41, 5.74) is -0.382. The first-order valence-corrected chi connectivity index (χ1v) is 11.4. The van der Waals surface area contributed by atoms with Crippen LogP contribution < -0.4 is 9.47 Å². The van der Waals surface area contributed by atoms with E-state index < -0.39 is 39.9 Å². The molecule has 2 aromatic carbocycles. The van der Waals surface area contributed by atoms with Gasteiger partial charge in [-0.2, -0.15) is 0 Å². The zero-order chi connectivity index (χ0) is 26.6. The van der Waals surface area contributed by atoms with Gasteiger partial charge in [0, 0.05) is 24.7 Å². The SMILES string of the molecule is CCN(CC)CCN1C(=O)C(=O)/C(=C(\O)c2ccc(OC)c(OC)c2)C1c1ccc(O)c([N+](=O)[O-])c1. The van der Waals surface area contributed by atoms with Gasteiger partial charge in [0.2, 0.25) is 0 Å². The molecule has 0 aromatic heterocycles. The second kappa shape index (κ2) is 11.1. The second-order valence-corrected chi connectivity index (χ2v) is 8.09. The predicted molar refractivity (Wildman–Crippen MR) is 131 cm³/mol. The van der Waals surface area contributed by atoms with Crippen molar-refractivity contribution in [1.29, 1.82) is 0 Å². The number of ketones is 1. The van der Waals surface area contributed by atoms with Crippen molar-refractivity contribution in [2.24, 2.45) is 0 Å². The van der Waals surface area contributed by atoms with Crippen molar-refractivity contribution >= 4 is 23.1 Å². The molecular formula is C25H29N3O8. The fraction of sp³-hybridized carbons (Fsp3) is 0.360. The Hall–Kier alpha value is -4.12. The van der Waals surface area contributed by atoms with Crippen LogP contribution in [0, 0.1) is 10.1 Å². The molecular weight excluding hydrogens is 470 g/mol. The molecule has 0 bridgehead atoms. The van der Waals surface area contributed by atoms with Gasteiger partial charge in [-0.25, -0.2) is 0 Å². The molecule has 3 rings (SSSR count). The maximum Gasteiger partial charge on any atom is 0.311 e. The molecule has 11 heteroatoms. The number of likely N-dealkylation sites (N-methyl/N-ethyl adjacent to an activating group) is 1. The molecule has 11 nitrogen and oxygen atoms in total. The van der Waals surface area contributed by atoms with E-state index in [1.54, 1.807) is 6.07 Å². The van der Waals surface area contributed by atoms with E-state index in [2.05, 4.69) is 4.90 Å². The van der Waals surface area contributed by atoms with Crippen molar-refractivity contribution in [2.45, 2.75) is 19.9 Å². The van der Waals surface area contributed by atoms with Gasteiger partial charge in [0.25, 0.3) is 11.7 Å². The lowest BCUT2D eigenvalue weighted by Crippen LogP contribution is -2.38. The van der Waals surface area contributed by atoms with E-state index in [4.69, 9.17) is 9.47 Å². The van der Waals surface area contributed by atoms with Crippen LogP contribution in [-0.2, 0) is 9.59 Å². The average Bonchev–Trinajstić information content (AvgIpc) is 3.13. The third-order valence-electron chi connectivity index (χ3n) is 6.26. The number of hydrogen-bond donors (Lipinski definition) is 2. The molecule has 0 saturated carbocycles. The third kappa shape index (κ3) is 4.96. The molecule has 192 valence electrons. The van der Waals surface area contributed by atoms with E-state index in [0.29, 0.717) is 18.0 Å². The molecule has 1 saturated heterocycles. The number of carbonyl (C=O) groups is 2. The topological polar surface area (TPSA) is 143 Å². The number of amides is 1. The quantitative estimate of drug-likeness (QED) is 0.166. The minimum atomic E-state index is -1.10. The van der Waals surface area contributed by atoms with Crippen LogP contribution in [0.15, 0.2) is 42.0 Å². The van der Waals surface area contributed by atoms with Gasteiger partial charge in [-0.1, -0.05) is 19.9 Å². The van der Waals surface area contributed by atoms with Crippen molar-refractivity contribution in [3.05, 3.63) is 63.2 Å². The lowest BCUT2D eigenvalue weighted by molar-refractivity contribution is -0.385. The second-order valence-electron chi connectivity index (χ2n) is 8.09. The summed E-state index contributed by atoms with van der Waals surface area (Å²) >= 11 is 0. The van der Waals surface area contributed by atoms with E-state index in [9.17, 15) is 29.9 Å². The summed E-state index contributed by atoms with van der Waals surface area (Å²) in [4.78, 5) is 40.4. The van der Waals surface area contributed by atoms with Crippen molar-refractivity contribution in [3.8, 4) is 17.2 Å². The van der Waals surface area contributed by atoms with Gasteiger partial charge in [0.15, 0.2) is 17.2 Å². The first-order chi connectivity index (χ1) is 17.2. The zero-order valence-electron chi connectivity index (χ0n) is 20.6. The number of aromatic hydroxyl groups is 1. The number of hydrogen-bond acceptors (Lipinski definition) is 9. The molecule has 1 unspecified atom stereocenters. The number of likely N-dealkylation sites (tertiary alicyclic amines) is 1. The van der Waals surface area contributed by atoms with Gasteiger partial charge in [-0.3, -0.25) is 19.7 Å². The summed E-state index contributed by atoms with van der Waals surface area (Å²) in [6.45, 7) is 5.98. The van der Waals surface area contributed by atoms with Crippen molar-refractivity contribution < 1.29 is 34.2 Å². The number of aliphatic hydroxyl groups is 1. The van der Waals surface area contributed by atoms with Crippen LogP contribution in [0.4, 0.5) is 5.69 Å².